The summed E-state index contributed by atoms with van der Waals surface area (Å²) in [6.07, 6.45) is 14.7. The van der Waals surface area contributed by atoms with Crippen LogP contribution in [0.3, 0.4) is 0 Å². The third-order valence-corrected chi connectivity index (χ3v) is 4.16. The molecular formula is C18H29BO2. The van der Waals surface area contributed by atoms with E-state index in [0.29, 0.717) is 0 Å². The molecule has 0 atom stereocenters. The second kappa shape index (κ2) is 9.75. The molecule has 0 amide bonds. The average Bonchev–Trinajstić information content (AvgIpc) is 2.92. The zero-order chi connectivity index (χ0) is 14.8. The molecule has 2 nitrogen and oxygen atoms in total. The Bertz CT molecular complexity index is 370. The van der Waals surface area contributed by atoms with Crippen LogP contribution in [-0.4, -0.2) is 7.12 Å². The van der Waals surface area contributed by atoms with Gasteiger partial charge in [0.25, 0.3) is 0 Å². The molecule has 0 fully saturated rings. The van der Waals surface area contributed by atoms with Gasteiger partial charge < -0.3 is 9.31 Å². The van der Waals surface area contributed by atoms with Crippen molar-refractivity contribution < 1.29 is 9.31 Å². The topological polar surface area (TPSA) is 18.5 Å². The van der Waals surface area contributed by atoms with E-state index < -0.39 is 0 Å². The molecule has 3 heteroatoms. The third kappa shape index (κ3) is 6.03. The first kappa shape index (κ1) is 16.3. The maximum Gasteiger partial charge on any atom is 0.594 e. The first-order valence-corrected chi connectivity index (χ1v) is 8.82. The van der Waals surface area contributed by atoms with E-state index in [-0.39, 0.29) is 7.12 Å². The van der Waals surface area contributed by atoms with Crippen LogP contribution in [0, 0.1) is 0 Å². The van der Waals surface area contributed by atoms with Crippen molar-refractivity contribution >= 4 is 7.12 Å². The smallest absolute Gasteiger partial charge is 0.523 e. The van der Waals surface area contributed by atoms with Crippen molar-refractivity contribution in [1.82, 2.24) is 0 Å². The molecule has 1 aromatic carbocycles. The molecule has 0 spiro atoms. The first-order chi connectivity index (χ1) is 10.4. The lowest BCUT2D eigenvalue weighted by Crippen LogP contribution is -2.23. The summed E-state index contributed by atoms with van der Waals surface area (Å²) in [5.74, 6) is 1.80. The van der Waals surface area contributed by atoms with E-state index in [1.165, 1.54) is 64.2 Å². The Morgan fingerprint density at radius 2 is 1.19 bits per heavy atom. The third-order valence-electron chi connectivity index (χ3n) is 4.16. The van der Waals surface area contributed by atoms with Crippen LogP contribution in [0.4, 0.5) is 0 Å². The van der Waals surface area contributed by atoms with Crippen molar-refractivity contribution in [3.8, 4) is 11.5 Å². The van der Waals surface area contributed by atoms with Crippen molar-refractivity contribution in [2.24, 2.45) is 0 Å². The minimum atomic E-state index is -0.0588. The highest BCUT2D eigenvalue weighted by Gasteiger charge is 2.30. The van der Waals surface area contributed by atoms with E-state index in [1.54, 1.807) is 0 Å². The van der Waals surface area contributed by atoms with Crippen LogP contribution < -0.4 is 9.31 Å². The van der Waals surface area contributed by atoms with Crippen LogP contribution in [0.1, 0.15) is 71.1 Å². The molecule has 2 rings (SSSR count). The van der Waals surface area contributed by atoms with Gasteiger partial charge >= 0.3 is 7.12 Å². The fourth-order valence-electron chi connectivity index (χ4n) is 2.87. The molecule has 0 radical (unpaired) electrons. The number of rotatable bonds is 11. The van der Waals surface area contributed by atoms with Crippen molar-refractivity contribution in [3.63, 3.8) is 0 Å². The van der Waals surface area contributed by atoms with Gasteiger partial charge in [0.15, 0.2) is 0 Å². The van der Waals surface area contributed by atoms with Crippen LogP contribution in [-0.2, 0) is 0 Å². The summed E-state index contributed by atoms with van der Waals surface area (Å²) in [6.45, 7) is 2.27. The minimum absolute atomic E-state index is 0.0588. The zero-order valence-corrected chi connectivity index (χ0v) is 13.5. The van der Waals surface area contributed by atoms with Crippen molar-refractivity contribution in [1.29, 1.82) is 0 Å². The molecule has 1 aromatic rings. The van der Waals surface area contributed by atoms with Gasteiger partial charge in [-0.25, -0.2) is 0 Å². The van der Waals surface area contributed by atoms with Crippen molar-refractivity contribution in [3.05, 3.63) is 24.3 Å². The maximum absolute atomic E-state index is 5.77. The number of fused-ring (bicyclic) bond motifs is 1. The summed E-state index contributed by atoms with van der Waals surface area (Å²) in [4.78, 5) is 0. The summed E-state index contributed by atoms with van der Waals surface area (Å²) in [6, 6.07) is 7.94. The summed E-state index contributed by atoms with van der Waals surface area (Å²) in [7, 11) is -0.0588. The molecule has 1 aliphatic heterocycles. The summed E-state index contributed by atoms with van der Waals surface area (Å²) in [5.41, 5.74) is 0. The van der Waals surface area contributed by atoms with E-state index in [0.717, 1.165) is 17.8 Å². The molecule has 1 aliphatic rings. The predicted octanol–water partition coefficient (Wildman–Crippen LogP) is 5.87. The van der Waals surface area contributed by atoms with Crippen molar-refractivity contribution in [2.45, 2.75) is 77.5 Å². The molecule has 21 heavy (non-hydrogen) atoms. The van der Waals surface area contributed by atoms with Gasteiger partial charge in [0, 0.05) is 6.32 Å². The van der Waals surface area contributed by atoms with Gasteiger partial charge in [-0.2, -0.15) is 0 Å². The molecule has 0 bridgehead atoms. The largest absolute Gasteiger partial charge is 0.594 e. The van der Waals surface area contributed by atoms with Gasteiger partial charge in [0.05, 0.1) is 0 Å². The Morgan fingerprint density at radius 1 is 0.714 bits per heavy atom. The normalized spacial score (nSPS) is 12.9. The number of unbranched alkanes of at least 4 members (excludes halogenated alkanes) is 9. The average molecular weight is 288 g/mol. The molecule has 0 saturated heterocycles. The monoisotopic (exact) mass is 288 g/mol. The van der Waals surface area contributed by atoms with E-state index >= 15 is 0 Å². The Kier molecular flexibility index (Phi) is 7.55. The molecular weight excluding hydrogens is 259 g/mol. The zero-order valence-electron chi connectivity index (χ0n) is 13.5. The molecule has 0 N–H and O–H groups in total. The lowest BCUT2D eigenvalue weighted by atomic mass is 9.82. The number of hydrogen-bond acceptors (Lipinski definition) is 2. The Hall–Kier alpha value is -1.12. The highest BCUT2D eigenvalue weighted by atomic mass is 16.6. The molecule has 0 aliphatic carbocycles. The van der Waals surface area contributed by atoms with Crippen LogP contribution in [0.25, 0.3) is 0 Å². The first-order valence-electron chi connectivity index (χ1n) is 8.82. The Labute approximate surface area is 130 Å². The lowest BCUT2D eigenvalue weighted by Gasteiger charge is -2.05. The van der Waals surface area contributed by atoms with Crippen LogP contribution in [0.5, 0.6) is 11.5 Å². The van der Waals surface area contributed by atoms with Crippen LogP contribution in [0.15, 0.2) is 24.3 Å². The molecule has 0 aromatic heterocycles. The summed E-state index contributed by atoms with van der Waals surface area (Å²) >= 11 is 0. The Balaban J connectivity index is 1.41. The van der Waals surface area contributed by atoms with Gasteiger partial charge in [-0.3, -0.25) is 0 Å². The lowest BCUT2D eigenvalue weighted by molar-refractivity contribution is 0.487. The van der Waals surface area contributed by atoms with Gasteiger partial charge in [-0.1, -0.05) is 83.3 Å². The second-order valence-corrected chi connectivity index (χ2v) is 6.08. The number of hydrogen-bond donors (Lipinski definition) is 0. The predicted molar refractivity (Wildman–Crippen MR) is 90.1 cm³/mol. The minimum Gasteiger partial charge on any atom is -0.523 e. The standard InChI is InChI=1S/C18H29BO2/c1-2-3-4-5-6-7-8-9-10-13-16-19-20-17-14-11-12-15-18(17)21-19/h11-12,14-15H,2-10,13,16H2,1H3. The number of para-hydroxylation sites is 2. The summed E-state index contributed by atoms with van der Waals surface area (Å²) in [5, 5.41) is 0. The van der Waals surface area contributed by atoms with E-state index in [9.17, 15) is 0 Å². The Morgan fingerprint density at radius 3 is 1.71 bits per heavy atom. The fourth-order valence-corrected chi connectivity index (χ4v) is 2.87. The molecule has 1 heterocycles. The van der Waals surface area contributed by atoms with E-state index in [4.69, 9.17) is 9.31 Å². The van der Waals surface area contributed by atoms with Crippen LogP contribution >= 0.6 is 0 Å². The fraction of sp³-hybridized carbons (Fsp3) is 0.667. The maximum atomic E-state index is 5.77. The van der Waals surface area contributed by atoms with Gasteiger partial charge in [-0.05, 0) is 12.1 Å². The van der Waals surface area contributed by atoms with E-state index in [1.807, 2.05) is 24.3 Å². The van der Waals surface area contributed by atoms with E-state index in [2.05, 4.69) is 6.92 Å². The highest BCUT2D eigenvalue weighted by molar-refractivity contribution is 6.47. The van der Waals surface area contributed by atoms with Crippen molar-refractivity contribution in [2.75, 3.05) is 0 Å². The molecule has 116 valence electrons. The molecule has 0 saturated carbocycles. The summed E-state index contributed by atoms with van der Waals surface area (Å²) < 4.78 is 11.5. The van der Waals surface area contributed by atoms with Gasteiger partial charge in [-0.15, -0.1) is 0 Å². The van der Waals surface area contributed by atoms with Gasteiger partial charge in [0.1, 0.15) is 11.5 Å². The second-order valence-electron chi connectivity index (χ2n) is 6.08. The number of benzene rings is 1. The SMILES string of the molecule is CCCCCCCCCCCCB1Oc2ccccc2O1. The highest BCUT2D eigenvalue weighted by Crippen LogP contribution is 2.33. The molecule has 0 unspecified atom stereocenters. The van der Waals surface area contributed by atoms with Crippen LogP contribution in [0.2, 0.25) is 6.32 Å². The quantitative estimate of drug-likeness (QED) is 0.374. The van der Waals surface area contributed by atoms with Gasteiger partial charge in [0.2, 0.25) is 0 Å².